The van der Waals surface area contributed by atoms with Crippen LogP contribution in [0.3, 0.4) is 0 Å². The van der Waals surface area contributed by atoms with Crippen molar-refractivity contribution < 1.29 is 41.4 Å². The maximum Gasteiger partial charge on any atom is 0.316 e. The SMILES string of the molecule is CC(=O)OC[C@@H](Cc1cccc([C@@](C)(CCCC(C)(C)CS(=O)(=O)CCO[Si](C)(C)C(C)(C)C)C(=O)OCc2ccccc2)c1)OC(C)=O. The third-order valence-corrected chi connectivity index (χ3v) is 15.8. The van der Waals surface area contributed by atoms with Gasteiger partial charge < -0.3 is 18.6 Å². The summed E-state index contributed by atoms with van der Waals surface area (Å²) < 4.78 is 48.9. The first-order valence-corrected chi connectivity index (χ1v) is 21.7. The Labute approximate surface area is 295 Å². The molecule has 0 aliphatic heterocycles. The van der Waals surface area contributed by atoms with Gasteiger partial charge in [0.1, 0.15) is 19.3 Å². The van der Waals surface area contributed by atoms with Crippen LogP contribution in [0.5, 0.6) is 0 Å². The molecule has 0 bridgehead atoms. The minimum Gasteiger partial charge on any atom is -0.462 e. The van der Waals surface area contributed by atoms with Crippen molar-refractivity contribution in [3.8, 4) is 0 Å². The van der Waals surface area contributed by atoms with Gasteiger partial charge in [0.25, 0.3) is 0 Å². The van der Waals surface area contributed by atoms with E-state index in [0.717, 1.165) is 16.7 Å². The molecule has 0 radical (unpaired) electrons. The molecule has 0 fully saturated rings. The minimum atomic E-state index is -3.38. The summed E-state index contributed by atoms with van der Waals surface area (Å²) in [6, 6.07) is 16.9. The van der Waals surface area contributed by atoms with E-state index in [-0.39, 0.29) is 42.8 Å². The van der Waals surface area contributed by atoms with Gasteiger partial charge in [-0.25, -0.2) is 8.42 Å². The van der Waals surface area contributed by atoms with Gasteiger partial charge in [0, 0.05) is 26.9 Å². The number of carbonyl (C=O) groups excluding carboxylic acids is 3. The number of benzene rings is 2. The number of sulfone groups is 1. The van der Waals surface area contributed by atoms with Crippen molar-refractivity contribution in [2.24, 2.45) is 5.41 Å². The van der Waals surface area contributed by atoms with Crippen molar-refractivity contribution in [3.05, 3.63) is 71.3 Å². The quantitative estimate of drug-likeness (QED) is 0.0833. The van der Waals surface area contributed by atoms with Crippen molar-refractivity contribution in [2.75, 3.05) is 24.7 Å². The Hall–Kier alpha value is -3.02. The fourth-order valence-corrected chi connectivity index (χ4v) is 8.44. The van der Waals surface area contributed by atoms with E-state index in [1.807, 2.05) is 75.4 Å². The van der Waals surface area contributed by atoms with Gasteiger partial charge in [0.15, 0.2) is 18.2 Å². The Kier molecular flexibility index (Phi) is 15.3. The van der Waals surface area contributed by atoms with E-state index in [1.165, 1.54) is 13.8 Å². The molecule has 11 heteroatoms. The summed E-state index contributed by atoms with van der Waals surface area (Å²) >= 11 is 0. The lowest BCUT2D eigenvalue weighted by Crippen LogP contribution is -2.42. The molecule has 274 valence electrons. The topological polar surface area (TPSA) is 122 Å². The maximum absolute atomic E-state index is 13.9. The second-order valence-corrected chi connectivity index (χ2v) is 22.5. The molecule has 0 unspecified atom stereocenters. The molecule has 49 heavy (non-hydrogen) atoms. The monoisotopic (exact) mass is 718 g/mol. The molecule has 0 N–H and O–H groups in total. The van der Waals surface area contributed by atoms with Crippen LogP contribution >= 0.6 is 0 Å². The van der Waals surface area contributed by atoms with E-state index in [2.05, 4.69) is 33.9 Å². The number of ether oxygens (including phenoxy) is 3. The smallest absolute Gasteiger partial charge is 0.316 e. The average molecular weight is 719 g/mol. The molecule has 0 aliphatic rings. The molecule has 0 saturated heterocycles. The summed E-state index contributed by atoms with van der Waals surface area (Å²) in [4.78, 5) is 37.1. The summed E-state index contributed by atoms with van der Waals surface area (Å²) in [5.41, 5.74) is 0.810. The van der Waals surface area contributed by atoms with Gasteiger partial charge in [-0.05, 0) is 60.0 Å². The second kappa shape index (κ2) is 17.8. The molecular formula is C38H58O9SSi. The van der Waals surface area contributed by atoms with Crippen LogP contribution in [0.4, 0.5) is 0 Å². The predicted molar refractivity (Wildman–Crippen MR) is 195 cm³/mol. The first kappa shape index (κ1) is 42.1. The highest BCUT2D eigenvalue weighted by molar-refractivity contribution is 7.91. The summed E-state index contributed by atoms with van der Waals surface area (Å²) in [5.74, 6) is -1.36. The molecule has 2 atom stereocenters. The Morgan fingerprint density at radius 2 is 1.45 bits per heavy atom. The van der Waals surface area contributed by atoms with Crippen LogP contribution in [0.25, 0.3) is 0 Å². The van der Waals surface area contributed by atoms with Crippen LogP contribution < -0.4 is 0 Å². The molecule has 0 aromatic heterocycles. The molecule has 2 aromatic carbocycles. The average Bonchev–Trinajstić information content (AvgIpc) is 2.97. The van der Waals surface area contributed by atoms with Crippen LogP contribution in [0.15, 0.2) is 54.6 Å². The number of hydrogen-bond acceptors (Lipinski definition) is 9. The lowest BCUT2D eigenvalue weighted by atomic mass is 9.75. The summed E-state index contributed by atoms with van der Waals surface area (Å²) in [5, 5.41) is -0.00160. The third-order valence-electron chi connectivity index (χ3n) is 9.30. The van der Waals surface area contributed by atoms with Crippen molar-refractivity contribution in [3.63, 3.8) is 0 Å². The van der Waals surface area contributed by atoms with Gasteiger partial charge in [0.05, 0.1) is 16.9 Å². The Bertz CT molecular complexity index is 1500. The Morgan fingerprint density at radius 3 is 2.04 bits per heavy atom. The predicted octanol–water partition coefficient (Wildman–Crippen LogP) is 7.36. The second-order valence-electron chi connectivity index (χ2n) is 15.6. The minimum absolute atomic E-state index is 0.00160. The zero-order valence-electron chi connectivity index (χ0n) is 31.2. The third kappa shape index (κ3) is 14.4. The zero-order chi connectivity index (χ0) is 37.1. The van der Waals surface area contributed by atoms with Crippen LogP contribution in [-0.4, -0.2) is 65.5 Å². The Morgan fingerprint density at radius 1 is 0.816 bits per heavy atom. The van der Waals surface area contributed by atoms with Gasteiger partial charge in [-0.2, -0.15) is 0 Å². The van der Waals surface area contributed by atoms with Gasteiger partial charge in [-0.15, -0.1) is 0 Å². The molecule has 0 amide bonds. The van der Waals surface area contributed by atoms with Gasteiger partial charge in [0.2, 0.25) is 0 Å². The molecule has 9 nitrogen and oxygen atoms in total. The number of rotatable bonds is 19. The number of carbonyl (C=O) groups is 3. The van der Waals surface area contributed by atoms with E-state index >= 15 is 0 Å². The molecule has 0 spiro atoms. The van der Waals surface area contributed by atoms with Crippen LogP contribution in [0, 0.1) is 5.41 Å². The molecule has 2 rings (SSSR count). The molecule has 2 aromatic rings. The van der Waals surface area contributed by atoms with E-state index in [4.69, 9.17) is 18.6 Å². The Balaban J connectivity index is 2.24. The fourth-order valence-electron chi connectivity index (χ4n) is 5.43. The first-order valence-electron chi connectivity index (χ1n) is 17.0. The molecule has 0 aliphatic carbocycles. The van der Waals surface area contributed by atoms with Gasteiger partial charge >= 0.3 is 17.9 Å². The lowest BCUT2D eigenvalue weighted by molar-refractivity contribution is -0.156. The highest BCUT2D eigenvalue weighted by Crippen LogP contribution is 2.37. The van der Waals surface area contributed by atoms with E-state index < -0.39 is 53.0 Å². The highest BCUT2D eigenvalue weighted by atomic mass is 32.2. The van der Waals surface area contributed by atoms with Crippen LogP contribution in [-0.2, 0) is 61.3 Å². The molecule has 0 heterocycles. The van der Waals surface area contributed by atoms with Crippen molar-refractivity contribution in [1.29, 1.82) is 0 Å². The van der Waals surface area contributed by atoms with Gasteiger partial charge in [-0.1, -0.05) is 95.6 Å². The summed E-state index contributed by atoms with van der Waals surface area (Å²) in [7, 11) is -5.44. The zero-order valence-corrected chi connectivity index (χ0v) is 33.0. The number of esters is 3. The van der Waals surface area contributed by atoms with Crippen LogP contribution in [0.1, 0.15) is 91.3 Å². The van der Waals surface area contributed by atoms with E-state index in [0.29, 0.717) is 19.3 Å². The normalized spacial score (nSPS) is 14.4. The van der Waals surface area contributed by atoms with Crippen LogP contribution in [0.2, 0.25) is 18.1 Å². The highest BCUT2D eigenvalue weighted by Gasteiger charge is 2.39. The first-order chi connectivity index (χ1) is 22.6. The molecule has 0 saturated carbocycles. The largest absolute Gasteiger partial charge is 0.462 e. The standard InChI is InChI=1S/C38H58O9SSi/c1-29(39)44-27-34(47-30(2)40)25-32-18-14-19-33(24-32)38(8,35(41)45-26-31-16-12-11-13-17-31)21-15-20-37(6,7)28-48(42,43)23-22-46-49(9,10)36(3,4)5/h11-14,16-19,24,34H,15,20-23,25-28H2,1-10H3/t34-,38-/m1/s1. The van der Waals surface area contributed by atoms with E-state index in [9.17, 15) is 22.8 Å². The fraction of sp³-hybridized carbons (Fsp3) is 0.605. The lowest BCUT2D eigenvalue weighted by Gasteiger charge is -2.36. The van der Waals surface area contributed by atoms with Crippen molar-refractivity contribution >= 4 is 36.1 Å². The van der Waals surface area contributed by atoms with E-state index in [1.54, 1.807) is 0 Å². The summed E-state index contributed by atoms with van der Waals surface area (Å²) in [6.07, 6.45) is 1.16. The van der Waals surface area contributed by atoms with Gasteiger partial charge in [-0.3, -0.25) is 14.4 Å². The van der Waals surface area contributed by atoms with Crippen molar-refractivity contribution in [2.45, 2.75) is 117 Å². The number of hydrogen-bond donors (Lipinski definition) is 0. The van der Waals surface area contributed by atoms with Crippen molar-refractivity contribution in [1.82, 2.24) is 0 Å². The maximum atomic E-state index is 13.9. The summed E-state index contributed by atoms with van der Waals surface area (Å²) in [6.45, 7) is 19.2. The molecular weight excluding hydrogens is 661 g/mol.